The fourth-order valence-corrected chi connectivity index (χ4v) is 2.40. The van der Waals surface area contributed by atoms with Crippen molar-refractivity contribution >= 4 is 0 Å². The van der Waals surface area contributed by atoms with Crippen molar-refractivity contribution in [3.8, 4) is 5.75 Å². The summed E-state index contributed by atoms with van der Waals surface area (Å²) in [6.45, 7) is 6.89. The summed E-state index contributed by atoms with van der Waals surface area (Å²) in [7, 11) is 5.79. The highest BCUT2D eigenvalue weighted by Crippen LogP contribution is 2.18. The van der Waals surface area contributed by atoms with Gasteiger partial charge >= 0.3 is 0 Å². The van der Waals surface area contributed by atoms with Crippen LogP contribution >= 0.6 is 0 Å². The van der Waals surface area contributed by atoms with Crippen molar-refractivity contribution in [2.24, 2.45) is 5.41 Å². The first-order chi connectivity index (χ1) is 9.34. The second-order valence-corrected chi connectivity index (χ2v) is 6.32. The molecule has 0 fully saturated rings. The summed E-state index contributed by atoms with van der Waals surface area (Å²) in [6, 6.07) is 7.54. The van der Waals surface area contributed by atoms with Gasteiger partial charge in [0.2, 0.25) is 0 Å². The van der Waals surface area contributed by atoms with E-state index in [0.717, 1.165) is 24.4 Å². The van der Waals surface area contributed by atoms with Gasteiger partial charge in [0.1, 0.15) is 5.75 Å². The Morgan fingerprint density at radius 1 is 1.25 bits per heavy atom. The molecule has 0 aliphatic rings. The highest BCUT2D eigenvalue weighted by Gasteiger charge is 2.19. The van der Waals surface area contributed by atoms with Gasteiger partial charge in [-0.3, -0.25) is 0 Å². The third kappa shape index (κ3) is 5.90. The SMILES string of the molecule is COc1ccc(C(O)CNCC(C)(C)CN(C)C)cc1. The van der Waals surface area contributed by atoms with Gasteiger partial charge in [0, 0.05) is 19.6 Å². The summed E-state index contributed by atoms with van der Waals surface area (Å²) in [5.41, 5.74) is 1.09. The third-order valence-corrected chi connectivity index (χ3v) is 3.19. The van der Waals surface area contributed by atoms with Crippen molar-refractivity contribution in [3.63, 3.8) is 0 Å². The maximum Gasteiger partial charge on any atom is 0.118 e. The van der Waals surface area contributed by atoms with Crippen LogP contribution in [0.4, 0.5) is 0 Å². The molecule has 114 valence electrons. The molecule has 0 saturated heterocycles. The lowest BCUT2D eigenvalue weighted by Gasteiger charge is -2.29. The lowest BCUT2D eigenvalue weighted by Crippen LogP contribution is -2.38. The molecule has 0 aromatic heterocycles. The standard InChI is InChI=1S/C16H28N2O2/c1-16(2,12-18(3)4)11-17-10-15(19)13-6-8-14(20-5)9-7-13/h6-9,15,17,19H,10-12H2,1-5H3. The van der Waals surface area contributed by atoms with Gasteiger partial charge < -0.3 is 20.1 Å². The van der Waals surface area contributed by atoms with Crippen molar-refractivity contribution in [2.45, 2.75) is 20.0 Å². The Labute approximate surface area is 122 Å². The molecule has 0 amide bonds. The summed E-state index contributed by atoms with van der Waals surface area (Å²) < 4.78 is 5.11. The molecule has 0 radical (unpaired) electrons. The van der Waals surface area contributed by atoms with Crippen LogP contribution in [0.1, 0.15) is 25.5 Å². The molecule has 1 unspecified atom stereocenters. The van der Waals surface area contributed by atoms with Crippen LogP contribution in [-0.2, 0) is 0 Å². The Morgan fingerprint density at radius 2 is 1.85 bits per heavy atom. The van der Waals surface area contributed by atoms with E-state index in [1.807, 2.05) is 24.3 Å². The molecule has 0 bridgehead atoms. The molecule has 4 heteroatoms. The second-order valence-electron chi connectivity index (χ2n) is 6.32. The predicted molar refractivity (Wildman–Crippen MR) is 83.2 cm³/mol. The van der Waals surface area contributed by atoms with E-state index in [4.69, 9.17) is 4.74 Å². The van der Waals surface area contributed by atoms with E-state index in [1.54, 1.807) is 7.11 Å². The molecular weight excluding hydrogens is 252 g/mol. The molecular formula is C16H28N2O2. The zero-order valence-electron chi connectivity index (χ0n) is 13.3. The number of rotatable bonds is 8. The molecule has 1 aromatic carbocycles. The first-order valence-corrected chi connectivity index (χ1v) is 7.01. The molecule has 0 spiro atoms. The molecule has 4 nitrogen and oxygen atoms in total. The summed E-state index contributed by atoms with van der Waals surface area (Å²) in [5, 5.41) is 13.5. The maximum atomic E-state index is 10.1. The molecule has 0 heterocycles. The van der Waals surface area contributed by atoms with Gasteiger partial charge in [-0.05, 0) is 37.2 Å². The van der Waals surface area contributed by atoms with Crippen LogP contribution in [0.15, 0.2) is 24.3 Å². The summed E-state index contributed by atoms with van der Waals surface area (Å²) in [4.78, 5) is 2.18. The molecule has 0 saturated carbocycles. The van der Waals surface area contributed by atoms with Crippen LogP contribution in [-0.4, -0.2) is 50.8 Å². The van der Waals surface area contributed by atoms with Crippen molar-refractivity contribution < 1.29 is 9.84 Å². The minimum atomic E-state index is -0.490. The first kappa shape index (κ1) is 17.0. The topological polar surface area (TPSA) is 44.7 Å². The van der Waals surface area contributed by atoms with Crippen LogP contribution < -0.4 is 10.1 Å². The molecule has 1 aromatic rings. The van der Waals surface area contributed by atoms with E-state index in [1.165, 1.54) is 0 Å². The van der Waals surface area contributed by atoms with Gasteiger partial charge in [0.25, 0.3) is 0 Å². The lowest BCUT2D eigenvalue weighted by molar-refractivity contribution is 0.162. The van der Waals surface area contributed by atoms with E-state index < -0.39 is 6.10 Å². The number of nitrogens with zero attached hydrogens (tertiary/aromatic N) is 1. The van der Waals surface area contributed by atoms with E-state index >= 15 is 0 Å². The largest absolute Gasteiger partial charge is 0.497 e. The minimum Gasteiger partial charge on any atom is -0.497 e. The van der Waals surface area contributed by atoms with Crippen LogP contribution in [0.3, 0.4) is 0 Å². The molecule has 0 aliphatic heterocycles. The number of aliphatic hydroxyl groups is 1. The average molecular weight is 280 g/mol. The Kier molecular flexibility index (Phi) is 6.46. The number of hydrogen-bond donors (Lipinski definition) is 2. The summed E-state index contributed by atoms with van der Waals surface area (Å²) >= 11 is 0. The lowest BCUT2D eigenvalue weighted by atomic mass is 9.93. The second kappa shape index (κ2) is 7.62. The van der Waals surface area contributed by atoms with Crippen LogP contribution in [0.5, 0.6) is 5.75 Å². The zero-order valence-corrected chi connectivity index (χ0v) is 13.3. The maximum absolute atomic E-state index is 10.1. The molecule has 2 N–H and O–H groups in total. The average Bonchev–Trinajstić information content (AvgIpc) is 2.37. The molecule has 1 atom stereocenters. The molecule has 1 rings (SSSR count). The van der Waals surface area contributed by atoms with Gasteiger partial charge in [-0.2, -0.15) is 0 Å². The highest BCUT2D eigenvalue weighted by molar-refractivity contribution is 5.28. The number of hydrogen-bond acceptors (Lipinski definition) is 4. The van der Waals surface area contributed by atoms with Gasteiger partial charge in [-0.1, -0.05) is 26.0 Å². The Balaban J connectivity index is 2.40. The van der Waals surface area contributed by atoms with Gasteiger partial charge in [-0.15, -0.1) is 0 Å². The fraction of sp³-hybridized carbons (Fsp3) is 0.625. The fourth-order valence-electron chi connectivity index (χ4n) is 2.40. The summed E-state index contributed by atoms with van der Waals surface area (Å²) in [5.74, 6) is 0.807. The monoisotopic (exact) mass is 280 g/mol. The van der Waals surface area contributed by atoms with Crippen LogP contribution in [0.25, 0.3) is 0 Å². The minimum absolute atomic E-state index is 0.184. The van der Waals surface area contributed by atoms with Crippen molar-refractivity contribution in [1.29, 1.82) is 0 Å². The van der Waals surface area contributed by atoms with Crippen molar-refractivity contribution in [3.05, 3.63) is 29.8 Å². The van der Waals surface area contributed by atoms with Crippen molar-refractivity contribution in [2.75, 3.05) is 40.8 Å². The van der Waals surface area contributed by atoms with Gasteiger partial charge in [0.15, 0.2) is 0 Å². The Hall–Kier alpha value is -1.10. The van der Waals surface area contributed by atoms with E-state index in [0.29, 0.717) is 6.54 Å². The number of methoxy groups -OCH3 is 1. The smallest absolute Gasteiger partial charge is 0.118 e. The van der Waals surface area contributed by atoms with E-state index in [9.17, 15) is 5.11 Å². The number of aliphatic hydroxyl groups excluding tert-OH is 1. The Bertz CT molecular complexity index is 388. The van der Waals surface area contributed by atoms with Crippen LogP contribution in [0, 0.1) is 5.41 Å². The highest BCUT2D eigenvalue weighted by atomic mass is 16.5. The Morgan fingerprint density at radius 3 is 2.35 bits per heavy atom. The molecule has 0 aliphatic carbocycles. The first-order valence-electron chi connectivity index (χ1n) is 7.01. The quantitative estimate of drug-likeness (QED) is 0.763. The molecule has 20 heavy (non-hydrogen) atoms. The van der Waals surface area contributed by atoms with E-state index in [2.05, 4.69) is 38.2 Å². The van der Waals surface area contributed by atoms with Gasteiger partial charge in [0.05, 0.1) is 13.2 Å². The predicted octanol–water partition coefficient (Wildman–Crippen LogP) is 1.91. The zero-order chi connectivity index (χ0) is 15.2. The van der Waals surface area contributed by atoms with Crippen molar-refractivity contribution in [1.82, 2.24) is 10.2 Å². The van der Waals surface area contributed by atoms with Gasteiger partial charge in [-0.25, -0.2) is 0 Å². The number of nitrogens with one attached hydrogen (secondary N) is 1. The third-order valence-electron chi connectivity index (χ3n) is 3.19. The van der Waals surface area contributed by atoms with Crippen LogP contribution in [0.2, 0.25) is 0 Å². The van der Waals surface area contributed by atoms with E-state index in [-0.39, 0.29) is 5.41 Å². The number of ether oxygens (including phenoxy) is 1. The normalized spacial score (nSPS) is 13.6. The summed E-state index contributed by atoms with van der Waals surface area (Å²) in [6.07, 6.45) is -0.490. The number of benzene rings is 1.